The molecule has 12 heteroatoms. The van der Waals surface area contributed by atoms with Gasteiger partial charge in [-0.1, -0.05) is 24.6 Å². The van der Waals surface area contributed by atoms with Gasteiger partial charge in [-0.05, 0) is 42.8 Å². The highest BCUT2D eigenvalue weighted by Crippen LogP contribution is 2.38. The van der Waals surface area contributed by atoms with Gasteiger partial charge in [-0.2, -0.15) is 0 Å². The molecule has 0 aliphatic carbocycles. The van der Waals surface area contributed by atoms with E-state index in [4.69, 9.17) is 32.0 Å². The number of fused-ring (bicyclic) bond motifs is 2. The van der Waals surface area contributed by atoms with Gasteiger partial charge in [-0.25, -0.2) is 14.8 Å². The van der Waals surface area contributed by atoms with E-state index in [1.165, 1.54) is 18.0 Å². The number of rotatable bonds is 6. The lowest BCUT2D eigenvalue weighted by molar-refractivity contribution is -0.139. The van der Waals surface area contributed by atoms with E-state index < -0.39 is 12.0 Å². The molecule has 5 heterocycles. The van der Waals surface area contributed by atoms with E-state index in [0.29, 0.717) is 34.4 Å². The molecule has 1 amide bonds. The summed E-state index contributed by atoms with van der Waals surface area (Å²) in [6.45, 7) is 3.90. The first-order valence-electron chi connectivity index (χ1n) is 12.5. The number of carbonyl (C=O) groups excluding carboxylic acids is 2. The zero-order valence-corrected chi connectivity index (χ0v) is 22.2. The second kappa shape index (κ2) is 10.0. The molecule has 6 rings (SSSR count). The smallest absolute Gasteiger partial charge is 0.328 e. The van der Waals surface area contributed by atoms with Gasteiger partial charge in [0.1, 0.15) is 17.5 Å². The Kier molecular flexibility index (Phi) is 6.58. The van der Waals surface area contributed by atoms with E-state index in [2.05, 4.69) is 20.2 Å². The number of pyridine rings is 1. The molecule has 2 aliphatic rings. The molecule has 3 aromatic heterocycles. The fourth-order valence-electron chi connectivity index (χ4n) is 4.83. The number of ether oxygens (including phenoxy) is 1. The standard InChI is InChI=1S/C26H26ClN7O3S/c1-2-17-21(27)20-22(30-17)32-26(33-23(20)34-7-5-15(28)12-34)38-16-4-3-13-9-14(11-29-19(13)10-16)24(35)31-18-6-8-37-25(18)36/h3-4,9-11,15,18H,2,5-8,12,28H2,1H3,(H,31,35)(H,30,32,33)/t15-,18+/m1/s1. The van der Waals surface area contributed by atoms with E-state index in [-0.39, 0.29) is 11.9 Å². The molecule has 38 heavy (non-hydrogen) atoms. The number of anilines is 1. The number of amides is 1. The number of aromatic nitrogens is 4. The van der Waals surface area contributed by atoms with Crippen molar-refractivity contribution >= 4 is 63.0 Å². The third-order valence-electron chi connectivity index (χ3n) is 6.87. The Morgan fingerprint density at radius 3 is 2.92 bits per heavy atom. The maximum atomic E-state index is 12.6. The van der Waals surface area contributed by atoms with Crippen LogP contribution in [0.25, 0.3) is 21.9 Å². The lowest BCUT2D eigenvalue weighted by Gasteiger charge is -2.18. The monoisotopic (exact) mass is 551 g/mol. The van der Waals surface area contributed by atoms with Crippen LogP contribution in [0.5, 0.6) is 0 Å². The number of halogens is 1. The van der Waals surface area contributed by atoms with Crippen molar-refractivity contribution in [1.29, 1.82) is 0 Å². The van der Waals surface area contributed by atoms with Gasteiger partial charge in [0.05, 0.1) is 28.1 Å². The van der Waals surface area contributed by atoms with Crippen LogP contribution in [0.3, 0.4) is 0 Å². The molecule has 2 aliphatic heterocycles. The Hall–Kier alpha value is -3.41. The van der Waals surface area contributed by atoms with Gasteiger partial charge >= 0.3 is 5.97 Å². The molecule has 0 saturated carbocycles. The van der Waals surface area contributed by atoms with Gasteiger partial charge in [0.15, 0.2) is 5.16 Å². The van der Waals surface area contributed by atoms with Crippen LogP contribution in [0.4, 0.5) is 5.82 Å². The van der Waals surface area contributed by atoms with Crippen LogP contribution in [0, 0.1) is 0 Å². The Balaban J connectivity index is 1.28. The minimum atomic E-state index is -0.613. The van der Waals surface area contributed by atoms with Crippen molar-refractivity contribution in [1.82, 2.24) is 25.3 Å². The van der Waals surface area contributed by atoms with Gasteiger partial charge in [-0.3, -0.25) is 9.78 Å². The molecule has 2 atom stereocenters. The zero-order chi connectivity index (χ0) is 26.4. The fourth-order valence-corrected chi connectivity index (χ4v) is 5.97. The summed E-state index contributed by atoms with van der Waals surface area (Å²) in [6.07, 6.45) is 3.65. The summed E-state index contributed by atoms with van der Waals surface area (Å²) in [7, 11) is 0. The highest BCUT2D eigenvalue weighted by molar-refractivity contribution is 7.99. The van der Waals surface area contributed by atoms with Gasteiger partial charge in [-0.15, -0.1) is 0 Å². The number of cyclic esters (lactones) is 1. The minimum Gasteiger partial charge on any atom is -0.464 e. The number of nitrogens with one attached hydrogen (secondary N) is 2. The summed E-state index contributed by atoms with van der Waals surface area (Å²) in [5.41, 5.74) is 8.94. The van der Waals surface area contributed by atoms with E-state index in [0.717, 1.165) is 58.6 Å². The fraction of sp³-hybridized carbons (Fsp3) is 0.346. The number of carbonyl (C=O) groups is 2. The summed E-state index contributed by atoms with van der Waals surface area (Å²) in [4.78, 5) is 44.9. The Labute approximate surface area is 227 Å². The average Bonchev–Trinajstić information content (AvgIpc) is 3.62. The molecule has 4 N–H and O–H groups in total. The van der Waals surface area contributed by atoms with Crippen LogP contribution in [0.1, 0.15) is 35.8 Å². The average molecular weight is 552 g/mol. The predicted molar refractivity (Wildman–Crippen MR) is 146 cm³/mol. The Bertz CT molecular complexity index is 1580. The Morgan fingerprint density at radius 1 is 1.32 bits per heavy atom. The number of H-pyrrole nitrogens is 1. The van der Waals surface area contributed by atoms with Crippen LogP contribution >= 0.6 is 23.4 Å². The van der Waals surface area contributed by atoms with Crippen LogP contribution in [-0.4, -0.2) is 63.6 Å². The van der Waals surface area contributed by atoms with Gasteiger partial charge in [0.2, 0.25) is 0 Å². The highest BCUT2D eigenvalue weighted by Gasteiger charge is 2.29. The number of nitrogens with two attached hydrogens (primary N) is 1. The van der Waals surface area contributed by atoms with E-state index >= 15 is 0 Å². The number of hydrogen-bond acceptors (Lipinski definition) is 9. The van der Waals surface area contributed by atoms with Gasteiger partial charge < -0.3 is 25.7 Å². The molecule has 1 aromatic carbocycles. The quantitative estimate of drug-likeness (QED) is 0.243. The van der Waals surface area contributed by atoms with Crippen molar-refractivity contribution in [3.8, 4) is 0 Å². The van der Waals surface area contributed by atoms with Crippen molar-refractivity contribution in [3.05, 3.63) is 46.7 Å². The molecule has 196 valence electrons. The second-order valence-corrected chi connectivity index (χ2v) is 10.9. The van der Waals surface area contributed by atoms with Crippen molar-refractivity contribution < 1.29 is 14.3 Å². The SMILES string of the molecule is CCc1[nH]c2nc(Sc3ccc4cc(C(=O)N[C@H]5CCOC5=O)cnc4c3)nc(N3CC[C@@H](N)C3)c2c1Cl. The van der Waals surface area contributed by atoms with Gasteiger partial charge in [0.25, 0.3) is 5.91 Å². The first-order chi connectivity index (χ1) is 18.4. The van der Waals surface area contributed by atoms with Crippen LogP contribution < -0.4 is 16.0 Å². The number of aryl methyl sites for hydroxylation is 1. The third-order valence-corrected chi connectivity index (χ3v) is 8.14. The molecule has 0 radical (unpaired) electrons. The van der Waals surface area contributed by atoms with Crippen LogP contribution in [0.15, 0.2) is 40.5 Å². The predicted octanol–water partition coefficient (Wildman–Crippen LogP) is 3.46. The van der Waals surface area contributed by atoms with Crippen molar-refractivity contribution in [3.63, 3.8) is 0 Å². The number of nitrogens with zero attached hydrogens (tertiary/aromatic N) is 4. The highest BCUT2D eigenvalue weighted by atomic mass is 35.5. The maximum Gasteiger partial charge on any atom is 0.328 e. The molecule has 0 spiro atoms. The molecule has 0 bridgehead atoms. The molecular formula is C26H26ClN7O3S. The van der Waals surface area contributed by atoms with Crippen LogP contribution in [0.2, 0.25) is 5.02 Å². The van der Waals surface area contributed by atoms with Gasteiger partial charge in [0, 0.05) is 47.7 Å². The van der Waals surface area contributed by atoms with E-state index in [9.17, 15) is 9.59 Å². The first kappa shape index (κ1) is 24.9. The number of benzene rings is 1. The lowest BCUT2D eigenvalue weighted by atomic mass is 10.1. The molecular weight excluding hydrogens is 526 g/mol. The lowest BCUT2D eigenvalue weighted by Crippen LogP contribution is -2.37. The largest absolute Gasteiger partial charge is 0.464 e. The molecule has 4 aromatic rings. The minimum absolute atomic E-state index is 0.102. The number of aromatic amines is 1. The normalized spacial score (nSPS) is 19.4. The summed E-state index contributed by atoms with van der Waals surface area (Å²) in [5, 5.41) is 5.60. The second-order valence-electron chi connectivity index (χ2n) is 9.48. The van der Waals surface area contributed by atoms with E-state index in [1.54, 1.807) is 6.07 Å². The molecule has 0 unspecified atom stereocenters. The third kappa shape index (κ3) is 4.65. The van der Waals surface area contributed by atoms with Crippen molar-refractivity contribution in [2.24, 2.45) is 5.73 Å². The molecule has 2 fully saturated rings. The Morgan fingerprint density at radius 2 is 2.18 bits per heavy atom. The summed E-state index contributed by atoms with van der Waals surface area (Å²) < 4.78 is 4.91. The molecule has 10 nitrogen and oxygen atoms in total. The number of esters is 1. The summed E-state index contributed by atoms with van der Waals surface area (Å²) in [5.74, 6) is 0.0400. The summed E-state index contributed by atoms with van der Waals surface area (Å²) >= 11 is 8.14. The summed E-state index contributed by atoms with van der Waals surface area (Å²) in [6, 6.07) is 7.04. The van der Waals surface area contributed by atoms with Crippen molar-refractivity contribution in [2.75, 3.05) is 24.6 Å². The van der Waals surface area contributed by atoms with Crippen molar-refractivity contribution in [2.45, 2.75) is 48.3 Å². The van der Waals surface area contributed by atoms with E-state index in [1.807, 2.05) is 25.1 Å². The maximum absolute atomic E-state index is 12.6. The first-order valence-corrected chi connectivity index (χ1v) is 13.7. The van der Waals surface area contributed by atoms with Crippen LogP contribution in [-0.2, 0) is 16.0 Å². The zero-order valence-electron chi connectivity index (χ0n) is 20.7. The number of hydrogen-bond donors (Lipinski definition) is 3. The molecule has 2 saturated heterocycles. The topological polar surface area (TPSA) is 139 Å².